The minimum Gasteiger partial charge on any atom is -0.385 e. The van der Waals surface area contributed by atoms with Gasteiger partial charge in [-0.2, -0.15) is 0 Å². The van der Waals surface area contributed by atoms with Gasteiger partial charge in [-0.3, -0.25) is 0 Å². The van der Waals surface area contributed by atoms with Gasteiger partial charge < -0.3 is 5.11 Å². The van der Waals surface area contributed by atoms with Crippen LogP contribution in [0.4, 0.5) is 0 Å². The van der Waals surface area contributed by atoms with E-state index < -0.39 is 5.60 Å². The van der Waals surface area contributed by atoms with E-state index in [1.54, 1.807) is 25.1 Å². The third kappa shape index (κ3) is 2.47. The van der Waals surface area contributed by atoms with Crippen LogP contribution in [0.2, 0.25) is 10.0 Å². The third-order valence-corrected chi connectivity index (χ3v) is 3.48. The molecule has 1 unspecified atom stereocenters. The Balaban J connectivity index is 3.32. The summed E-state index contributed by atoms with van der Waals surface area (Å²) in [5.74, 6) is 0. The molecule has 0 aliphatic heterocycles. The zero-order valence-electron chi connectivity index (χ0n) is 9.44. The second kappa shape index (κ2) is 3.97. The van der Waals surface area contributed by atoms with Crippen molar-refractivity contribution < 1.29 is 5.11 Å². The van der Waals surface area contributed by atoms with Gasteiger partial charge in [0.25, 0.3) is 0 Å². The maximum Gasteiger partial charge on any atom is 0.0931 e. The largest absolute Gasteiger partial charge is 0.385 e. The third-order valence-electron chi connectivity index (χ3n) is 2.91. The van der Waals surface area contributed by atoms with Crippen LogP contribution in [-0.4, -0.2) is 5.11 Å². The van der Waals surface area contributed by atoms with E-state index >= 15 is 0 Å². The maximum absolute atomic E-state index is 10.5. The lowest BCUT2D eigenvalue weighted by Crippen LogP contribution is -2.37. The number of hydrogen-bond donors (Lipinski definition) is 1. The second-order valence-electron chi connectivity index (χ2n) is 4.95. The number of benzene rings is 1. The Morgan fingerprint density at radius 3 is 2.07 bits per heavy atom. The molecule has 0 bridgehead atoms. The summed E-state index contributed by atoms with van der Waals surface area (Å²) in [6.07, 6.45) is 0. The monoisotopic (exact) mass is 246 g/mol. The zero-order valence-corrected chi connectivity index (χ0v) is 10.9. The molecule has 15 heavy (non-hydrogen) atoms. The van der Waals surface area contributed by atoms with Crippen LogP contribution >= 0.6 is 23.2 Å². The topological polar surface area (TPSA) is 20.2 Å². The predicted molar refractivity (Wildman–Crippen MR) is 65.5 cm³/mol. The van der Waals surface area contributed by atoms with Crippen LogP contribution in [-0.2, 0) is 5.60 Å². The summed E-state index contributed by atoms with van der Waals surface area (Å²) < 4.78 is 0. The molecule has 0 aliphatic rings. The first kappa shape index (κ1) is 12.8. The molecule has 1 aromatic carbocycles. The first-order valence-corrected chi connectivity index (χ1v) is 5.60. The molecule has 1 N–H and O–H groups in total. The molecule has 0 aliphatic carbocycles. The molecule has 1 nitrogen and oxygen atoms in total. The van der Waals surface area contributed by atoms with E-state index in [2.05, 4.69) is 0 Å². The smallest absolute Gasteiger partial charge is 0.0931 e. The van der Waals surface area contributed by atoms with Gasteiger partial charge in [-0.25, -0.2) is 0 Å². The van der Waals surface area contributed by atoms with Gasteiger partial charge >= 0.3 is 0 Å². The highest BCUT2D eigenvalue weighted by molar-refractivity contribution is 6.33. The van der Waals surface area contributed by atoms with Gasteiger partial charge in [-0.15, -0.1) is 0 Å². The molecule has 0 saturated carbocycles. The van der Waals surface area contributed by atoms with E-state index in [0.717, 1.165) is 0 Å². The van der Waals surface area contributed by atoms with Crippen molar-refractivity contribution in [3.8, 4) is 0 Å². The average Bonchev–Trinajstić information content (AvgIpc) is 2.07. The fourth-order valence-electron chi connectivity index (χ4n) is 1.27. The van der Waals surface area contributed by atoms with Crippen LogP contribution in [0.5, 0.6) is 0 Å². The van der Waals surface area contributed by atoms with Gasteiger partial charge in [0, 0.05) is 15.6 Å². The summed E-state index contributed by atoms with van der Waals surface area (Å²) in [5, 5.41) is 11.6. The van der Waals surface area contributed by atoms with E-state index in [9.17, 15) is 5.11 Å². The van der Waals surface area contributed by atoms with Crippen molar-refractivity contribution in [3.63, 3.8) is 0 Å². The first-order chi connectivity index (χ1) is 6.66. The summed E-state index contributed by atoms with van der Waals surface area (Å²) in [6, 6.07) is 5.14. The minimum absolute atomic E-state index is 0.304. The minimum atomic E-state index is -1.00. The molecule has 84 valence electrons. The van der Waals surface area contributed by atoms with Crippen LogP contribution in [0.25, 0.3) is 0 Å². The van der Waals surface area contributed by atoms with Crippen molar-refractivity contribution in [3.05, 3.63) is 33.8 Å². The van der Waals surface area contributed by atoms with Crippen LogP contribution in [0.3, 0.4) is 0 Å². The highest BCUT2D eigenvalue weighted by Crippen LogP contribution is 2.42. The van der Waals surface area contributed by atoms with Gasteiger partial charge in [0.2, 0.25) is 0 Å². The molecule has 0 aromatic heterocycles. The number of rotatable bonds is 1. The second-order valence-corrected chi connectivity index (χ2v) is 5.79. The van der Waals surface area contributed by atoms with Crippen molar-refractivity contribution in [1.82, 2.24) is 0 Å². The summed E-state index contributed by atoms with van der Waals surface area (Å²) in [4.78, 5) is 0. The first-order valence-electron chi connectivity index (χ1n) is 4.84. The molecule has 1 rings (SSSR count). The highest BCUT2D eigenvalue weighted by atomic mass is 35.5. The number of hydrogen-bond acceptors (Lipinski definition) is 1. The summed E-state index contributed by atoms with van der Waals surface area (Å²) >= 11 is 12.0. The Kier molecular flexibility index (Phi) is 3.39. The van der Waals surface area contributed by atoms with E-state index in [-0.39, 0.29) is 5.41 Å². The van der Waals surface area contributed by atoms with E-state index in [0.29, 0.717) is 15.6 Å². The van der Waals surface area contributed by atoms with Crippen LogP contribution in [0.15, 0.2) is 18.2 Å². The Bertz CT molecular complexity index is 364. The van der Waals surface area contributed by atoms with Gasteiger partial charge in [-0.05, 0) is 30.5 Å². The Morgan fingerprint density at radius 1 is 1.07 bits per heavy atom. The van der Waals surface area contributed by atoms with E-state index in [1.807, 2.05) is 20.8 Å². The van der Waals surface area contributed by atoms with Gasteiger partial charge in [0.15, 0.2) is 0 Å². The van der Waals surface area contributed by atoms with Crippen molar-refractivity contribution in [2.24, 2.45) is 5.41 Å². The standard InChI is InChI=1S/C12H16Cl2O/c1-11(2,3)12(4,15)9-7-8(13)5-6-10(9)14/h5-7,15H,1-4H3. The SMILES string of the molecule is CC(C)(C)C(C)(O)c1cc(Cl)ccc1Cl. The van der Waals surface area contributed by atoms with Crippen molar-refractivity contribution in [1.29, 1.82) is 0 Å². The van der Waals surface area contributed by atoms with Crippen molar-refractivity contribution in [2.75, 3.05) is 0 Å². The fourth-order valence-corrected chi connectivity index (χ4v) is 1.75. The summed E-state index contributed by atoms with van der Waals surface area (Å²) in [7, 11) is 0. The number of halogens is 2. The van der Waals surface area contributed by atoms with Gasteiger partial charge in [0.05, 0.1) is 5.60 Å². The van der Waals surface area contributed by atoms with Crippen LogP contribution in [0, 0.1) is 5.41 Å². The van der Waals surface area contributed by atoms with E-state index in [1.165, 1.54) is 0 Å². The predicted octanol–water partition coefficient (Wildman–Crippen LogP) is 4.25. The van der Waals surface area contributed by atoms with Crippen LogP contribution < -0.4 is 0 Å². The van der Waals surface area contributed by atoms with Crippen molar-refractivity contribution >= 4 is 23.2 Å². The van der Waals surface area contributed by atoms with E-state index in [4.69, 9.17) is 23.2 Å². The lowest BCUT2D eigenvalue weighted by molar-refractivity contribution is -0.0469. The molecular weight excluding hydrogens is 231 g/mol. The summed E-state index contributed by atoms with van der Waals surface area (Å²) in [6.45, 7) is 7.64. The number of aliphatic hydroxyl groups is 1. The molecule has 1 aromatic rings. The molecule has 3 heteroatoms. The Hall–Kier alpha value is -0.240. The Labute approximate surface area is 101 Å². The lowest BCUT2D eigenvalue weighted by Gasteiger charge is -2.38. The molecule has 0 fully saturated rings. The molecule has 1 atom stereocenters. The van der Waals surface area contributed by atoms with Gasteiger partial charge in [0.1, 0.15) is 0 Å². The lowest BCUT2D eigenvalue weighted by atomic mass is 9.73. The maximum atomic E-state index is 10.5. The summed E-state index contributed by atoms with van der Waals surface area (Å²) in [5.41, 5.74) is -0.639. The van der Waals surface area contributed by atoms with Crippen LogP contribution in [0.1, 0.15) is 33.3 Å². The fraction of sp³-hybridized carbons (Fsp3) is 0.500. The molecule has 0 radical (unpaired) electrons. The molecule has 0 amide bonds. The quantitative estimate of drug-likeness (QED) is 0.786. The van der Waals surface area contributed by atoms with Gasteiger partial charge in [-0.1, -0.05) is 44.0 Å². The molecule has 0 saturated heterocycles. The molecule has 0 heterocycles. The molecule has 0 spiro atoms. The average molecular weight is 247 g/mol. The highest BCUT2D eigenvalue weighted by Gasteiger charge is 2.38. The Morgan fingerprint density at radius 2 is 1.60 bits per heavy atom. The molecular formula is C12H16Cl2O. The zero-order chi connectivity index (χ0) is 11.9. The van der Waals surface area contributed by atoms with Crippen molar-refractivity contribution in [2.45, 2.75) is 33.3 Å². The normalized spacial score (nSPS) is 16.2.